The molecule has 1 aliphatic carbocycles. The number of carbonyl (C=O) groups is 2. The fraction of sp³-hybridized carbons (Fsp3) is 0.333. The predicted octanol–water partition coefficient (Wildman–Crippen LogP) is 4.42. The lowest BCUT2D eigenvalue weighted by atomic mass is 10.2. The Kier molecular flexibility index (Phi) is 6.90. The van der Waals surface area contributed by atoms with Gasteiger partial charge >= 0.3 is 5.97 Å². The van der Waals surface area contributed by atoms with Crippen LogP contribution in [0.15, 0.2) is 58.5 Å². The predicted molar refractivity (Wildman–Crippen MR) is 125 cm³/mol. The summed E-state index contributed by atoms with van der Waals surface area (Å²) in [5.74, 6) is -0.455. The molecule has 4 rings (SSSR count). The smallest absolute Gasteiger partial charge is 0.338 e. The van der Waals surface area contributed by atoms with E-state index in [1.165, 1.54) is 11.8 Å². The molecule has 0 atom stereocenters. The Labute approximate surface area is 190 Å². The van der Waals surface area contributed by atoms with Gasteiger partial charge in [-0.3, -0.25) is 14.2 Å². The molecule has 7 nitrogen and oxygen atoms in total. The number of amides is 1. The fourth-order valence-corrected chi connectivity index (χ4v) is 4.16. The Hall–Kier alpha value is -3.13. The molecule has 0 saturated heterocycles. The number of nitrogens with one attached hydrogen (secondary N) is 1. The molecule has 8 heteroatoms. The van der Waals surface area contributed by atoms with E-state index in [1.54, 1.807) is 34.9 Å². The van der Waals surface area contributed by atoms with Crippen LogP contribution >= 0.6 is 11.8 Å². The molecule has 1 amide bonds. The molecule has 32 heavy (non-hydrogen) atoms. The number of thioether (sulfide) groups is 1. The third-order valence-corrected chi connectivity index (χ3v) is 6.11. The molecule has 1 aliphatic rings. The molecule has 0 aliphatic heterocycles. The minimum absolute atomic E-state index is 0.0533. The van der Waals surface area contributed by atoms with Crippen molar-refractivity contribution in [3.05, 3.63) is 64.4 Å². The molecule has 1 saturated carbocycles. The molecule has 1 N–H and O–H groups in total. The SMILES string of the molecule is CCCCOC(=O)c1ccc(NC(=O)CSc2nc3ccccc3c(=O)n2C2CC2)cc1. The summed E-state index contributed by atoms with van der Waals surface area (Å²) >= 11 is 1.26. The summed E-state index contributed by atoms with van der Waals surface area (Å²) in [6.07, 6.45) is 3.69. The number of anilines is 1. The van der Waals surface area contributed by atoms with Crippen LogP contribution in [0, 0.1) is 0 Å². The summed E-state index contributed by atoms with van der Waals surface area (Å²) in [7, 11) is 0. The monoisotopic (exact) mass is 451 g/mol. The number of hydrogen-bond donors (Lipinski definition) is 1. The van der Waals surface area contributed by atoms with Gasteiger partial charge in [-0.25, -0.2) is 9.78 Å². The Balaban J connectivity index is 1.39. The van der Waals surface area contributed by atoms with Crippen LogP contribution in [-0.2, 0) is 9.53 Å². The van der Waals surface area contributed by atoms with Crippen molar-refractivity contribution >= 4 is 40.2 Å². The first kappa shape index (κ1) is 22.1. The standard InChI is InChI=1S/C24H25N3O4S/c1-2-3-14-31-23(30)16-8-10-17(11-9-16)25-21(28)15-32-24-26-20-7-5-4-6-19(20)22(29)27(24)18-12-13-18/h4-11,18H,2-3,12-15H2,1H3,(H,25,28). The van der Waals surface area contributed by atoms with Crippen LogP contribution in [0.25, 0.3) is 10.9 Å². The zero-order valence-corrected chi connectivity index (χ0v) is 18.7. The van der Waals surface area contributed by atoms with Crippen LogP contribution in [0.2, 0.25) is 0 Å². The van der Waals surface area contributed by atoms with Crippen LogP contribution in [0.3, 0.4) is 0 Å². The maximum Gasteiger partial charge on any atom is 0.338 e. The molecule has 1 heterocycles. The Morgan fingerprint density at radius 1 is 1.16 bits per heavy atom. The Morgan fingerprint density at radius 3 is 2.62 bits per heavy atom. The molecule has 1 aromatic heterocycles. The fourth-order valence-electron chi connectivity index (χ4n) is 3.29. The van der Waals surface area contributed by atoms with Crippen molar-refractivity contribution in [2.24, 2.45) is 0 Å². The number of ether oxygens (including phenoxy) is 1. The number of benzene rings is 2. The largest absolute Gasteiger partial charge is 0.462 e. The van der Waals surface area contributed by atoms with Crippen LogP contribution in [0.5, 0.6) is 0 Å². The van der Waals surface area contributed by atoms with E-state index in [0.717, 1.165) is 25.7 Å². The van der Waals surface area contributed by atoms with E-state index in [1.807, 2.05) is 25.1 Å². The molecule has 0 spiro atoms. The first-order chi connectivity index (χ1) is 15.6. The molecule has 1 fully saturated rings. The lowest BCUT2D eigenvalue weighted by molar-refractivity contribution is -0.113. The lowest BCUT2D eigenvalue weighted by Gasteiger charge is -2.12. The average molecular weight is 452 g/mol. The zero-order chi connectivity index (χ0) is 22.5. The molecule has 2 aromatic carbocycles. The van der Waals surface area contributed by atoms with E-state index in [0.29, 0.717) is 33.9 Å². The summed E-state index contributed by atoms with van der Waals surface area (Å²) in [4.78, 5) is 42.0. The van der Waals surface area contributed by atoms with Gasteiger partial charge < -0.3 is 10.1 Å². The van der Waals surface area contributed by atoms with Crippen molar-refractivity contribution in [1.29, 1.82) is 0 Å². The quantitative estimate of drug-likeness (QED) is 0.224. The van der Waals surface area contributed by atoms with E-state index < -0.39 is 0 Å². The second-order valence-corrected chi connectivity index (χ2v) is 8.66. The van der Waals surface area contributed by atoms with Crippen molar-refractivity contribution in [3.63, 3.8) is 0 Å². The van der Waals surface area contributed by atoms with E-state index in [4.69, 9.17) is 4.74 Å². The Morgan fingerprint density at radius 2 is 1.91 bits per heavy atom. The van der Waals surface area contributed by atoms with Gasteiger partial charge in [0.05, 0.1) is 28.8 Å². The summed E-state index contributed by atoms with van der Waals surface area (Å²) in [6, 6.07) is 14.1. The van der Waals surface area contributed by atoms with Gasteiger partial charge in [-0.05, 0) is 55.7 Å². The van der Waals surface area contributed by atoms with Gasteiger partial charge in [0, 0.05) is 11.7 Å². The average Bonchev–Trinajstić information content (AvgIpc) is 3.63. The lowest BCUT2D eigenvalue weighted by Crippen LogP contribution is -2.23. The van der Waals surface area contributed by atoms with Gasteiger partial charge in [0.25, 0.3) is 5.56 Å². The number of fused-ring (bicyclic) bond motifs is 1. The van der Waals surface area contributed by atoms with E-state index in [-0.39, 0.29) is 29.2 Å². The maximum absolute atomic E-state index is 12.9. The van der Waals surface area contributed by atoms with Gasteiger partial charge in [-0.15, -0.1) is 0 Å². The van der Waals surface area contributed by atoms with E-state index in [2.05, 4.69) is 10.3 Å². The number of aromatic nitrogens is 2. The molecule has 3 aromatic rings. The minimum Gasteiger partial charge on any atom is -0.462 e. The second-order valence-electron chi connectivity index (χ2n) is 7.72. The van der Waals surface area contributed by atoms with Crippen LogP contribution in [-0.4, -0.2) is 33.8 Å². The maximum atomic E-state index is 12.9. The topological polar surface area (TPSA) is 90.3 Å². The summed E-state index contributed by atoms with van der Waals surface area (Å²) in [5, 5.41) is 3.98. The van der Waals surface area contributed by atoms with Crippen LogP contribution in [0.4, 0.5) is 5.69 Å². The number of carbonyl (C=O) groups excluding carboxylic acids is 2. The Bertz CT molecular complexity index is 1190. The first-order valence-electron chi connectivity index (χ1n) is 10.8. The highest BCUT2D eigenvalue weighted by Crippen LogP contribution is 2.36. The molecular weight excluding hydrogens is 426 g/mol. The van der Waals surface area contributed by atoms with Crippen LogP contribution in [0.1, 0.15) is 49.0 Å². The molecule has 0 bridgehead atoms. The summed E-state index contributed by atoms with van der Waals surface area (Å²) in [5.41, 5.74) is 1.62. The van der Waals surface area contributed by atoms with Crippen molar-refractivity contribution in [2.75, 3.05) is 17.7 Å². The summed E-state index contributed by atoms with van der Waals surface area (Å²) in [6.45, 7) is 2.44. The van der Waals surface area contributed by atoms with E-state index >= 15 is 0 Å². The molecule has 0 unspecified atom stereocenters. The molecule has 166 valence electrons. The highest BCUT2D eigenvalue weighted by atomic mass is 32.2. The molecule has 0 radical (unpaired) electrons. The normalized spacial score (nSPS) is 13.2. The number of hydrogen-bond acceptors (Lipinski definition) is 6. The van der Waals surface area contributed by atoms with Crippen molar-refractivity contribution in [2.45, 2.75) is 43.8 Å². The van der Waals surface area contributed by atoms with Crippen molar-refractivity contribution in [1.82, 2.24) is 9.55 Å². The second kappa shape index (κ2) is 9.99. The van der Waals surface area contributed by atoms with Gasteiger partial charge in [0.1, 0.15) is 0 Å². The number of esters is 1. The third-order valence-electron chi connectivity index (χ3n) is 5.16. The summed E-state index contributed by atoms with van der Waals surface area (Å²) < 4.78 is 6.91. The number of unbranched alkanes of at least 4 members (excludes halogenated alkanes) is 1. The first-order valence-corrected chi connectivity index (χ1v) is 11.8. The van der Waals surface area contributed by atoms with Gasteiger partial charge in [0.2, 0.25) is 5.91 Å². The zero-order valence-electron chi connectivity index (χ0n) is 17.9. The van der Waals surface area contributed by atoms with Crippen molar-refractivity contribution in [3.8, 4) is 0 Å². The van der Waals surface area contributed by atoms with Gasteiger partial charge in [-0.1, -0.05) is 37.2 Å². The number of para-hydroxylation sites is 1. The minimum atomic E-state index is -0.368. The highest BCUT2D eigenvalue weighted by molar-refractivity contribution is 7.99. The van der Waals surface area contributed by atoms with Gasteiger partial charge in [-0.2, -0.15) is 0 Å². The van der Waals surface area contributed by atoms with Crippen LogP contribution < -0.4 is 10.9 Å². The third kappa shape index (κ3) is 5.19. The number of rotatable bonds is 9. The van der Waals surface area contributed by atoms with Crippen molar-refractivity contribution < 1.29 is 14.3 Å². The van der Waals surface area contributed by atoms with Gasteiger partial charge in [0.15, 0.2) is 5.16 Å². The molecular formula is C24H25N3O4S. The number of nitrogens with zero attached hydrogens (tertiary/aromatic N) is 2. The van der Waals surface area contributed by atoms with E-state index in [9.17, 15) is 14.4 Å². The highest BCUT2D eigenvalue weighted by Gasteiger charge is 2.28.